The molecule has 0 unspecified atom stereocenters. The normalized spacial score (nSPS) is 23.1. The number of aromatic amines is 1. The van der Waals surface area contributed by atoms with Crippen LogP contribution >= 0.6 is 0 Å². The number of imidazole rings is 1. The van der Waals surface area contributed by atoms with Crippen LogP contribution in [-0.4, -0.2) is 78.1 Å². The molecule has 2 fully saturated rings. The SMILES string of the molecule is COC(=O)N[C@H](C(=O)N1C[C@@H](OC)C[C@H]1c1nc(-c2ccc(B3OC(C)(C)C(C)(C)O3)cc2)c[nH]1)C(C)C. The summed E-state index contributed by atoms with van der Waals surface area (Å²) in [6, 6.07) is 6.92. The number of hydrogen-bond donors (Lipinski definition) is 2. The average molecular weight is 526 g/mol. The summed E-state index contributed by atoms with van der Waals surface area (Å²) in [4.78, 5) is 35.3. The zero-order valence-corrected chi connectivity index (χ0v) is 23.5. The lowest BCUT2D eigenvalue weighted by molar-refractivity contribution is -0.135. The number of aromatic nitrogens is 2. The topological polar surface area (TPSA) is 115 Å². The van der Waals surface area contributed by atoms with Gasteiger partial charge in [0.25, 0.3) is 0 Å². The number of nitrogens with zero attached hydrogens (tertiary/aromatic N) is 2. The first kappa shape index (κ1) is 28.1. The number of likely N-dealkylation sites (tertiary alicyclic amines) is 1. The molecule has 3 heterocycles. The van der Waals surface area contributed by atoms with Gasteiger partial charge in [0.15, 0.2) is 0 Å². The Labute approximate surface area is 224 Å². The zero-order valence-electron chi connectivity index (χ0n) is 23.5. The van der Waals surface area contributed by atoms with Crippen LogP contribution in [0, 0.1) is 5.92 Å². The van der Waals surface area contributed by atoms with E-state index in [0.717, 1.165) is 16.7 Å². The summed E-state index contributed by atoms with van der Waals surface area (Å²) in [5, 5.41) is 2.67. The van der Waals surface area contributed by atoms with E-state index in [1.54, 1.807) is 12.0 Å². The fourth-order valence-electron chi connectivity index (χ4n) is 4.79. The third-order valence-corrected chi connectivity index (χ3v) is 7.92. The van der Waals surface area contributed by atoms with E-state index in [2.05, 4.69) is 10.3 Å². The Bertz CT molecular complexity index is 1130. The molecule has 206 valence electrons. The number of rotatable bonds is 7. The first-order valence-corrected chi connectivity index (χ1v) is 13.1. The van der Waals surface area contributed by atoms with Crippen molar-refractivity contribution in [2.75, 3.05) is 20.8 Å². The van der Waals surface area contributed by atoms with Gasteiger partial charge in [0.1, 0.15) is 11.9 Å². The van der Waals surface area contributed by atoms with E-state index in [9.17, 15) is 9.59 Å². The van der Waals surface area contributed by atoms with E-state index in [4.69, 9.17) is 23.8 Å². The fraction of sp³-hybridized carbons (Fsp3) is 0.593. The molecule has 1 aromatic heterocycles. The minimum absolute atomic E-state index is 0.126. The van der Waals surface area contributed by atoms with Crippen molar-refractivity contribution in [2.24, 2.45) is 5.92 Å². The molecule has 11 heteroatoms. The largest absolute Gasteiger partial charge is 0.494 e. The highest BCUT2D eigenvalue weighted by atomic mass is 16.7. The van der Waals surface area contributed by atoms with Crippen LogP contribution in [0.25, 0.3) is 11.3 Å². The van der Waals surface area contributed by atoms with Gasteiger partial charge in [-0.1, -0.05) is 38.1 Å². The number of carbonyl (C=O) groups excluding carboxylic acids is 2. The van der Waals surface area contributed by atoms with Gasteiger partial charge in [0, 0.05) is 31.8 Å². The fourth-order valence-corrected chi connectivity index (χ4v) is 4.79. The Morgan fingerprint density at radius 3 is 2.32 bits per heavy atom. The molecular formula is C27H39BN4O6. The van der Waals surface area contributed by atoms with Gasteiger partial charge >= 0.3 is 13.2 Å². The Kier molecular flexibility index (Phi) is 7.93. The number of amides is 2. The molecule has 4 rings (SSSR count). The quantitative estimate of drug-likeness (QED) is 0.533. The van der Waals surface area contributed by atoms with Crippen molar-refractivity contribution in [3.8, 4) is 11.3 Å². The smallest absolute Gasteiger partial charge is 0.453 e. The summed E-state index contributed by atoms with van der Waals surface area (Å²) >= 11 is 0. The predicted molar refractivity (Wildman–Crippen MR) is 144 cm³/mol. The number of H-pyrrole nitrogens is 1. The number of ether oxygens (including phenoxy) is 2. The number of alkyl carbamates (subject to hydrolysis) is 1. The van der Waals surface area contributed by atoms with Crippen molar-refractivity contribution < 1.29 is 28.4 Å². The maximum absolute atomic E-state index is 13.5. The van der Waals surface area contributed by atoms with E-state index in [1.807, 2.05) is 72.0 Å². The van der Waals surface area contributed by atoms with Gasteiger partial charge < -0.3 is 34.0 Å². The standard InChI is InChI=1S/C27H39BN4O6/c1-16(2)22(31-25(34)36-8)24(33)32-15-19(35-7)13-21(32)23-29-14-20(30-23)17-9-11-18(12-10-17)28-37-26(3,4)27(5,6)38-28/h9-12,14,16,19,21-22H,13,15H2,1-8H3,(H,29,30)(H,31,34)/t19-,21-,22-/m0/s1. The maximum atomic E-state index is 13.5. The summed E-state index contributed by atoms with van der Waals surface area (Å²) in [5.74, 6) is 0.349. The Morgan fingerprint density at radius 1 is 1.13 bits per heavy atom. The highest BCUT2D eigenvalue weighted by Gasteiger charge is 2.51. The molecule has 2 aromatic rings. The number of carbonyl (C=O) groups is 2. The highest BCUT2D eigenvalue weighted by molar-refractivity contribution is 6.62. The third-order valence-electron chi connectivity index (χ3n) is 7.92. The molecule has 2 saturated heterocycles. The van der Waals surface area contributed by atoms with Crippen molar-refractivity contribution in [3.63, 3.8) is 0 Å². The summed E-state index contributed by atoms with van der Waals surface area (Å²) in [7, 11) is 2.49. The van der Waals surface area contributed by atoms with Crippen LogP contribution < -0.4 is 10.8 Å². The minimum Gasteiger partial charge on any atom is -0.453 e. The molecule has 2 aliphatic rings. The summed E-state index contributed by atoms with van der Waals surface area (Å²) in [6.07, 6.45) is 1.66. The lowest BCUT2D eigenvalue weighted by Crippen LogP contribution is -2.51. The lowest BCUT2D eigenvalue weighted by Gasteiger charge is -2.32. The predicted octanol–water partition coefficient (Wildman–Crippen LogP) is 3.04. The minimum atomic E-state index is -0.725. The molecule has 10 nitrogen and oxygen atoms in total. The molecule has 0 saturated carbocycles. The molecule has 3 atom stereocenters. The first-order valence-electron chi connectivity index (χ1n) is 13.1. The van der Waals surface area contributed by atoms with Crippen LogP contribution in [0.5, 0.6) is 0 Å². The second-order valence-corrected chi connectivity index (χ2v) is 11.3. The molecule has 2 amide bonds. The number of methoxy groups -OCH3 is 2. The molecule has 38 heavy (non-hydrogen) atoms. The van der Waals surface area contributed by atoms with Crippen molar-refractivity contribution in [3.05, 3.63) is 36.3 Å². The van der Waals surface area contributed by atoms with E-state index in [-0.39, 0.29) is 24.0 Å². The number of nitrogens with one attached hydrogen (secondary N) is 2. The summed E-state index contributed by atoms with van der Waals surface area (Å²) < 4.78 is 22.7. The molecule has 0 bridgehead atoms. The van der Waals surface area contributed by atoms with E-state index in [1.165, 1.54) is 7.11 Å². The molecule has 2 N–H and O–H groups in total. The second kappa shape index (κ2) is 10.7. The van der Waals surface area contributed by atoms with Crippen LogP contribution in [0.2, 0.25) is 0 Å². The highest BCUT2D eigenvalue weighted by Crippen LogP contribution is 2.37. The Hall–Kier alpha value is -2.89. The zero-order chi connectivity index (χ0) is 27.8. The van der Waals surface area contributed by atoms with E-state index in [0.29, 0.717) is 18.8 Å². The van der Waals surface area contributed by atoms with Gasteiger partial charge in [0.2, 0.25) is 5.91 Å². The summed E-state index contributed by atoms with van der Waals surface area (Å²) in [5.41, 5.74) is 1.83. The van der Waals surface area contributed by atoms with Crippen molar-refractivity contribution in [1.29, 1.82) is 0 Å². The van der Waals surface area contributed by atoms with Gasteiger partial charge in [0.05, 0.1) is 36.2 Å². The third kappa shape index (κ3) is 5.46. The van der Waals surface area contributed by atoms with Crippen LogP contribution in [0.1, 0.15) is 59.8 Å². The van der Waals surface area contributed by atoms with Crippen LogP contribution in [0.3, 0.4) is 0 Å². The molecule has 2 aliphatic heterocycles. The molecule has 0 radical (unpaired) electrons. The van der Waals surface area contributed by atoms with Gasteiger partial charge in [-0.15, -0.1) is 0 Å². The Morgan fingerprint density at radius 2 is 1.76 bits per heavy atom. The van der Waals surface area contributed by atoms with Crippen LogP contribution in [-0.2, 0) is 23.6 Å². The van der Waals surface area contributed by atoms with Crippen molar-refractivity contribution in [2.45, 2.75) is 77.4 Å². The molecular weight excluding hydrogens is 487 g/mol. The van der Waals surface area contributed by atoms with Crippen LogP contribution in [0.4, 0.5) is 4.79 Å². The second-order valence-electron chi connectivity index (χ2n) is 11.3. The van der Waals surface area contributed by atoms with Crippen molar-refractivity contribution >= 4 is 24.6 Å². The Balaban J connectivity index is 1.53. The molecule has 0 spiro atoms. The average Bonchev–Trinajstić information content (AvgIpc) is 3.57. The van der Waals surface area contributed by atoms with Gasteiger partial charge in [-0.2, -0.15) is 0 Å². The monoisotopic (exact) mass is 526 g/mol. The van der Waals surface area contributed by atoms with Gasteiger partial charge in [-0.05, 0) is 39.1 Å². The summed E-state index contributed by atoms with van der Waals surface area (Å²) in [6.45, 7) is 12.3. The lowest BCUT2D eigenvalue weighted by atomic mass is 9.79. The van der Waals surface area contributed by atoms with E-state index < -0.39 is 30.5 Å². The van der Waals surface area contributed by atoms with Crippen LogP contribution in [0.15, 0.2) is 30.5 Å². The van der Waals surface area contributed by atoms with Crippen molar-refractivity contribution in [1.82, 2.24) is 20.2 Å². The number of benzene rings is 1. The number of hydrogen-bond acceptors (Lipinski definition) is 7. The maximum Gasteiger partial charge on any atom is 0.494 e. The molecule has 1 aromatic carbocycles. The molecule has 0 aliphatic carbocycles. The van der Waals surface area contributed by atoms with E-state index >= 15 is 0 Å². The first-order chi connectivity index (χ1) is 17.9. The van der Waals surface area contributed by atoms with Gasteiger partial charge in [-0.3, -0.25) is 4.79 Å². The van der Waals surface area contributed by atoms with Gasteiger partial charge in [-0.25, -0.2) is 9.78 Å².